The highest BCUT2D eigenvalue weighted by atomic mass is 31.2. The highest BCUT2D eigenvalue weighted by Crippen LogP contribution is 2.45. The summed E-state index contributed by atoms with van der Waals surface area (Å²) in [5, 5.41) is 23.3. The van der Waals surface area contributed by atoms with Crippen LogP contribution in [0, 0.1) is 5.92 Å². The predicted molar refractivity (Wildman–Crippen MR) is 211 cm³/mol. The molecule has 0 aliphatic carbocycles. The molecule has 1 aliphatic rings. The van der Waals surface area contributed by atoms with Crippen molar-refractivity contribution in [2.45, 2.75) is 128 Å². The zero-order valence-corrected chi connectivity index (χ0v) is 34.0. The molecule has 3 rings (SSSR count). The monoisotopic (exact) mass is 820 g/mol. The minimum atomic E-state index is -4.68. The van der Waals surface area contributed by atoms with Crippen molar-refractivity contribution < 1.29 is 47.6 Å². The average molecular weight is 821 g/mol. The molecule has 2 aromatic rings. The van der Waals surface area contributed by atoms with Gasteiger partial charge in [-0.05, 0) is 63.5 Å². The molecule has 1 fully saturated rings. The molecule has 7 atom stereocenters. The summed E-state index contributed by atoms with van der Waals surface area (Å²) in [6, 6.07) is 4.22. The molecular weight excluding hydrogens is 759 g/mol. The second-order valence-electron chi connectivity index (χ2n) is 14.8. The number of benzene rings is 1. The van der Waals surface area contributed by atoms with Crippen molar-refractivity contribution in [3.63, 3.8) is 0 Å². The van der Waals surface area contributed by atoms with Crippen molar-refractivity contribution in [3.05, 3.63) is 54.1 Å². The Labute approximate surface area is 334 Å². The molecule has 0 bridgehead atoms. The maximum Gasteiger partial charge on any atom is 0.472 e. The van der Waals surface area contributed by atoms with Crippen LogP contribution in [0.1, 0.15) is 89.8 Å². The van der Waals surface area contributed by atoms with Gasteiger partial charge in [0.2, 0.25) is 29.5 Å². The number of unbranched alkanes of at least 4 members (excludes halogenated alkanes) is 5. The molecule has 0 spiro atoms. The highest BCUT2D eigenvalue weighted by molar-refractivity contribution is 7.47. The van der Waals surface area contributed by atoms with Crippen LogP contribution in [0.15, 0.2) is 42.9 Å². The van der Waals surface area contributed by atoms with Crippen LogP contribution in [0.25, 0.3) is 0 Å². The molecule has 2 heterocycles. The first-order chi connectivity index (χ1) is 27.2. The number of phosphoric ester groups is 1. The summed E-state index contributed by atoms with van der Waals surface area (Å²) in [6.45, 7) is 4.68. The summed E-state index contributed by atoms with van der Waals surface area (Å²) in [5.74, 6) is -4.03. The largest absolute Gasteiger partial charge is 0.472 e. The Morgan fingerprint density at radius 2 is 1.56 bits per heavy atom. The lowest BCUT2D eigenvalue weighted by atomic mass is 10.0. The molecule has 1 saturated heterocycles. The fourth-order valence-corrected chi connectivity index (χ4v) is 7.35. The standard InChI is InChI=1S/C38H61N8O10P/c1-25(2)20-30(43-35(49)29-17-13-18-41-29)36(50)44-31(21-28-22-40-24-42-28)37(51)45-32(23-47)38(52)46-33(34(39)48)26(3)56-57(53,54)55-19-12-7-5-4-6-9-14-27-15-10-8-11-16-27/h8,10-11,15-16,22,24-26,29-33,41,47H,4-7,9,12-14,17-21,23H2,1-3H3,(H2,39,48)(H,40,42)(H,43,49)(H,44,50)(H,45,51)(H,46,52)(H,53,54)/t26-,29+,30+,31+,32+,33+/m1/s1. The number of hydrogen-bond donors (Lipinski definition) is 9. The van der Waals surface area contributed by atoms with Crippen molar-refractivity contribution >= 4 is 37.4 Å². The molecule has 5 amide bonds. The number of aliphatic hydroxyl groups excluding tert-OH is 1. The van der Waals surface area contributed by atoms with Crippen LogP contribution in [0.2, 0.25) is 0 Å². The van der Waals surface area contributed by atoms with Gasteiger partial charge in [0.25, 0.3) is 0 Å². The van der Waals surface area contributed by atoms with Crippen LogP contribution in [-0.2, 0) is 50.4 Å². The first-order valence-electron chi connectivity index (χ1n) is 19.7. The number of amides is 5. The molecule has 318 valence electrons. The van der Waals surface area contributed by atoms with Gasteiger partial charge in [0.1, 0.15) is 24.2 Å². The summed E-state index contributed by atoms with van der Waals surface area (Å²) < 4.78 is 22.9. The topological polar surface area (TPSA) is 276 Å². The molecule has 1 unspecified atom stereocenters. The zero-order chi connectivity index (χ0) is 41.8. The molecule has 1 aromatic carbocycles. The van der Waals surface area contributed by atoms with Gasteiger partial charge in [0, 0.05) is 18.3 Å². The number of carbonyl (C=O) groups is 5. The fourth-order valence-electron chi connectivity index (χ4n) is 6.39. The van der Waals surface area contributed by atoms with Crippen molar-refractivity contribution in [2.24, 2.45) is 11.7 Å². The van der Waals surface area contributed by atoms with E-state index >= 15 is 0 Å². The summed E-state index contributed by atoms with van der Waals surface area (Å²) in [4.78, 5) is 82.8. The number of aromatic nitrogens is 2. The van der Waals surface area contributed by atoms with Crippen LogP contribution in [0.5, 0.6) is 0 Å². The smallest absolute Gasteiger partial charge is 0.394 e. The second-order valence-corrected chi connectivity index (χ2v) is 16.2. The summed E-state index contributed by atoms with van der Waals surface area (Å²) in [7, 11) is -4.68. The van der Waals surface area contributed by atoms with E-state index in [1.165, 1.54) is 25.0 Å². The Morgan fingerprint density at radius 3 is 2.18 bits per heavy atom. The maximum atomic E-state index is 13.6. The van der Waals surface area contributed by atoms with Crippen LogP contribution in [0.4, 0.5) is 0 Å². The van der Waals surface area contributed by atoms with Gasteiger partial charge in [0.05, 0.1) is 31.7 Å². The number of aromatic amines is 1. The van der Waals surface area contributed by atoms with Gasteiger partial charge in [-0.1, -0.05) is 69.9 Å². The van der Waals surface area contributed by atoms with E-state index in [1.807, 2.05) is 32.0 Å². The van der Waals surface area contributed by atoms with Gasteiger partial charge < -0.3 is 47.3 Å². The molecule has 0 saturated carbocycles. The van der Waals surface area contributed by atoms with Crippen LogP contribution < -0.4 is 32.3 Å². The zero-order valence-electron chi connectivity index (χ0n) is 33.1. The Balaban J connectivity index is 1.53. The first kappa shape index (κ1) is 47.2. The Bertz CT molecular complexity index is 1590. The summed E-state index contributed by atoms with van der Waals surface area (Å²) in [6.07, 6.45) is 9.37. The predicted octanol–water partition coefficient (Wildman–Crippen LogP) is 1.27. The number of rotatable bonds is 27. The molecule has 19 heteroatoms. The lowest BCUT2D eigenvalue weighted by Crippen LogP contribution is -2.61. The van der Waals surface area contributed by atoms with E-state index in [0.717, 1.165) is 44.9 Å². The van der Waals surface area contributed by atoms with Crippen LogP contribution in [0.3, 0.4) is 0 Å². The number of nitrogens with zero attached hydrogens (tertiary/aromatic N) is 1. The van der Waals surface area contributed by atoms with E-state index in [0.29, 0.717) is 25.1 Å². The van der Waals surface area contributed by atoms with E-state index in [-0.39, 0.29) is 31.3 Å². The minimum absolute atomic E-state index is 0.00599. The quantitative estimate of drug-likeness (QED) is 0.0456. The molecule has 1 aromatic heterocycles. The van der Waals surface area contributed by atoms with Gasteiger partial charge in [-0.3, -0.25) is 33.0 Å². The van der Waals surface area contributed by atoms with E-state index in [4.69, 9.17) is 14.8 Å². The molecular formula is C38H61N8O10P. The number of H-pyrrole nitrogens is 1. The van der Waals surface area contributed by atoms with Crippen molar-refractivity contribution in [1.82, 2.24) is 36.6 Å². The number of aliphatic hydroxyl groups is 1. The summed E-state index contributed by atoms with van der Waals surface area (Å²) >= 11 is 0. The van der Waals surface area contributed by atoms with E-state index in [1.54, 1.807) is 0 Å². The number of carbonyl (C=O) groups excluding carboxylic acids is 5. The Hall–Kier alpha value is -4.19. The van der Waals surface area contributed by atoms with Crippen molar-refractivity contribution in [3.8, 4) is 0 Å². The molecule has 10 N–H and O–H groups in total. The third-order valence-electron chi connectivity index (χ3n) is 9.47. The van der Waals surface area contributed by atoms with Gasteiger partial charge in [0.15, 0.2) is 0 Å². The average Bonchev–Trinajstić information content (AvgIpc) is 3.90. The van der Waals surface area contributed by atoms with Crippen molar-refractivity contribution in [1.29, 1.82) is 0 Å². The number of primary amides is 1. The van der Waals surface area contributed by atoms with E-state index < -0.39 is 74.4 Å². The number of aryl methyl sites for hydroxylation is 1. The highest BCUT2D eigenvalue weighted by Gasteiger charge is 2.36. The maximum absolute atomic E-state index is 13.6. The van der Waals surface area contributed by atoms with Gasteiger partial charge in [-0.25, -0.2) is 9.55 Å². The lowest BCUT2D eigenvalue weighted by molar-refractivity contribution is -0.135. The summed E-state index contributed by atoms with van der Waals surface area (Å²) in [5.41, 5.74) is 7.27. The van der Waals surface area contributed by atoms with E-state index in [9.17, 15) is 38.5 Å². The molecule has 0 radical (unpaired) electrons. The number of imidazole rings is 1. The molecule has 57 heavy (non-hydrogen) atoms. The number of phosphoric acid groups is 1. The second kappa shape index (κ2) is 24.6. The number of nitrogens with two attached hydrogens (primary N) is 1. The Kier molecular flexibility index (Phi) is 20.3. The molecule has 1 aliphatic heterocycles. The third-order valence-corrected chi connectivity index (χ3v) is 10.6. The van der Waals surface area contributed by atoms with Crippen LogP contribution in [-0.4, -0.2) is 106 Å². The van der Waals surface area contributed by atoms with Gasteiger partial charge in [-0.15, -0.1) is 0 Å². The van der Waals surface area contributed by atoms with Gasteiger partial charge >= 0.3 is 7.82 Å². The number of hydrogen-bond acceptors (Lipinski definition) is 11. The SMILES string of the molecule is CC(C)C[C@H](NC(=O)[C@@H]1CCCN1)C(=O)N[C@@H](Cc1cnc[nH]1)C(=O)N[C@@H](CO)C(=O)N[C@H](C(N)=O)[C@@H](C)OP(=O)(O)OCCCCCCCCc1ccccc1. The Morgan fingerprint density at radius 1 is 0.912 bits per heavy atom. The lowest BCUT2D eigenvalue weighted by Gasteiger charge is -2.27. The van der Waals surface area contributed by atoms with E-state index in [2.05, 4.69) is 48.7 Å². The molecule has 18 nitrogen and oxygen atoms in total. The van der Waals surface area contributed by atoms with Gasteiger partial charge in [-0.2, -0.15) is 0 Å². The third kappa shape index (κ3) is 17.5. The normalized spacial score (nSPS) is 17.8. The minimum Gasteiger partial charge on any atom is -0.394 e. The number of nitrogens with one attached hydrogen (secondary N) is 6. The van der Waals surface area contributed by atoms with Crippen molar-refractivity contribution in [2.75, 3.05) is 19.8 Å². The fraction of sp³-hybridized carbons (Fsp3) is 0.632. The first-order valence-corrected chi connectivity index (χ1v) is 21.2. The van der Waals surface area contributed by atoms with Crippen LogP contribution >= 0.6 is 7.82 Å².